The van der Waals surface area contributed by atoms with Gasteiger partial charge in [-0.3, -0.25) is 0 Å². The summed E-state index contributed by atoms with van der Waals surface area (Å²) in [7, 11) is 0. The fraction of sp³-hybridized carbons (Fsp3) is 0.786. The van der Waals surface area contributed by atoms with Gasteiger partial charge in [-0.25, -0.2) is 4.79 Å². The fourth-order valence-electron chi connectivity index (χ4n) is 4.18. The Morgan fingerprint density at radius 1 is 1.39 bits per heavy atom. The molecular formula is C14H20O4. The van der Waals surface area contributed by atoms with Crippen LogP contribution in [0.2, 0.25) is 0 Å². The van der Waals surface area contributed by atoms with Gasteiger partial charge >= 0.3 is 5.97 Å². The van der Waals surface area contributed by atoms with Crippen LogP contribution < -0.4 is 0 Å². The maximum Gasteiger partial charge on any atom is 0.338 e. The van der Waals surface area contributed by atoms with E-state index in [0.29, 0.717) is 19.4 Å². The lowest BCUT2D eigenvalue weighted by Gasteiger charge is -2.41. The molecule has 3 rings (SSSR count). The van der Waals surface area contributed by atoms with E-state index in [1.165, 1.54) is 11.1 Å². The number of aliphatic hydroxyl groups is 1. The molecule has 1 aliphatic heterocycles. The monoisotopic (exact) mass is 252 g/mol. The third-order valence-corrected chi connectivity index (χ3v) is 5.28. The van der Waals surface area contributed by atoms with Crippen molar-refractivity contribution >= 4 is 5.97 Å². The first-order valence-corrected chi connectivity index (χ1v) is 6.63. The number of hydrogen-bond acceptors (Lipinski definition) is 3. The molecule has 1 spiro atoms. The Labute approximate surface area is 107 Å². The maximum absolute atomic E-state index is 11.4. The summed E-state index contributed by atoms with van der Waals surface area (Å²) in [6, 6.07) is 0. The van der Waals surface area contributed by atoms with E-state index in [1.54, 1.807) is 0 Å². The van der Waals surface area contributed by atoms with Gasteiger partial charge in [0.1, 0.15) is 0 Å². The molecule has 0 aromatic heterocycles. The summed E-state index contributed by atoms with van der Waals surface area (Å²) in [5.74, 6) is -0.953. The van der Waals surface area contributed by atoms with Gasteiger partial charge in [-0.15, -0.1) is 0 Å². The summed E-state index contributed by atoms with van der Waals surface area (Å²) in [4.78, 5) is 11.4. The van der Waals surface area contributed by atoms with Crippen LogP contribution in [-0.4, -0.2) is 34.5 Å². The third-order valence-electron chi connectivity index (χ3n) is 5.28. The van der Waals surface area contributed by atoms with Gasteiger partial charge in [0.2, 0.25) is 0 Å². The van der Waals surface area contributed by atoms with Crippen LogP contribution in [0.3, 0.4) is 0 Å². The van der Waals surface area contributed by atoms with Crippen LogP contribution >= 0.6 is 0 Å². The van der Waals surface area contributed by atoms with Crippen molar-refractivity contribution in [3.8, 4) is 0 Å². The largest absolute Gasteiger partial charge is 0.479 e. The molecule has 18 heavy (non-hydrogen) atoms. The normalized spacial score (nSPS) is 46.1. The molecule has 3 fully saturated rings. The van der Waals surface area contributed by atoms with E-state index in [9.17, 15) is 15.0 Å². The Morgan fingerprint density at radius 2 is 2.11 bits per heavy atom. The predicted molar refractivity (Wildman–Crippen MR) is 65.1 cm³/mol. The number of rotatable bonds is 1. The van der Waals surface area contributed by atoms with Crippen LogP contribution in [0.25, 0.3) is 0 Å². The van der Waals surface area contributed by atoms with Crippen molar-refractivity contribution in [2.75, 3.05) is 6.61 Å². The molecule has 2 aliphatic carbocycles. The van der Waals surface area contributed by atoms with Gasteiger partial charge in [0.25, 0.3) is 0 Å². The first-order chi connectivity index (χ1) is 8.39. The second kappa shape index (κ2) is 3.58. The lowest BCUT2D eigenvalue weighted by molar-refractivity contribution is -0.177. The molecule has 0 radical (unpaired) electrons. The van der Waals surface area contributed by atoms with Crippen LogP contribution in [0.4, 0.5) is 0 Å². The van der Waals surface area contributed by atoms with E-state index in [4.69, 9.17) is 4.74 Å². The van der Waals surface area contributed by atoms with Crippen LogP contribution in [0.5, 0.6) is 0 Å². The van der Waals surface area contributed by atoms with Crippen LogP contribution in [0, 0.1) is 11.3 Å². The Balaban J connectivity index is 2.03. The second-order valence-electron chi connectivity index (χ2n) is 6.38. The van der Waals surface area contributed by atoms with Crippen LogP contribution in [-0.2, 0) is 9.53 Å². The highest BCUT2D eigenvalue weighted by Crippen LogP contribution is 2.61. The van der Waals surface area contributed by atoms with Gasteiger partial charge < -0.3 is 14.9 Å². The van der Waals surface area contributed by atoms with Gasteiger partial charge in [-0.1, -0.05) is 11.1 Å². The minimum absolute atomic E-state index is 0.0962. The molecule has 0 amide bonds. The Hall–Kier alpha value is -0.870. The van der Waals surface area contributed by atoms with Gasteiger partial charge in [-0.2, -0.15) is 0 Å². The summed E-state index contributed by atoms with van der Waals surface area (Å²) in [5, 5.41) is 19.7. The molecule has 3 aliphatic rings. The SMILES string of the molecule is CC(C)=C1CCC23COC(C2)C(O)(C(=O)O)CC13. The minimum Gasteiger partial charge on any atom is -0.479 e. The molecule has 100 valence electrons. The quantitative estimate of drug-likeness (QED) is 0.697. The van der Waals surface area contributed by atoms with E-state index in [0.717, 1.165) is 12.8 Å². The summed E-state index contributed by atoms with van der Waals surface area (Å²) in [6.07, 6.45) is 2.58. The van der Waals surface area contributed by atoms with Crippen molar-refractivity contribution in [1.82, 2.24) is 0 Å². The number of ether oxygens (including phenoxy) is 1. The molecular weight excluding hydrogens is 232 g/mol. The number of allylic oxidation sites excluding steroid dienone is 2. The first-order valence-electron chi connectivity index (χ1n) is 6.63. The molecule has 2 saturated carbocycles. The molecule has 0 aromatic rings. The van der Waals surface area contributed by atoms with Crippen molar-refractivity contribution in [1.29, 1.82) is 0 Å². The Bertz CT molecular complexity index is 437. The second-order valence-corrected chi connectivity index (χ2v) is 6.38. The molecule has 0 aromatic carbocycles. The number of hydrogen-bond donors (Lipinski definition) is 2. The molecule has 1 saturated heterocycles. The summed E-state index contributed by atoms with van der Waals surface area (Å²) in [6.45, 7) is 4.76. The average molecular weight is 252 g/mol. The van der Waals surface area contributed by atoms with E-state index in [1.807, 2.05) is 0 Å². The van der Waals surface area contributed by atoms with E-state index < -0.39 is 17.7 Å². The molecule has 2 bridgehead atoms. The van der Waals surface area contributed by atoms with Gasteiger partial charge in [0, 0.05) is 5.41 Å². The number of carboxylic acid groups (broad SMARTS) is 1. The van der Waals surface area contributed by atoms with Crippen LogP contribution in [0.1, 0.15) is 39.5 Å². The van der Waals surface area contributed by atoms with Crippen molar-refractivity contribution in [3.05, 3.63) is 11.1 Å². The smallest absolute Gasteiger partial charge is 0.338 e. The van der Waals surface area contributed by atoms with Crippen molar-refractivity contribution in [2.45, 2.75) is 51.2 Å². The Morgan fingerprint density at radius 3 is 2.72 bits per heavy atom. The summed E-state index contributed by atoms with van der Waals surface area (Å²) < 4.78 is 5.63. The molecule has 4 nitrogen and oxygen atoms in total. The van der Waals surface area contributed by atoms with Crippen molar-refractivity contribution < 1.29 is 19.7 Å². The zero-order chi connectivity index (χ0) is 13.1. The lowest BCUT2D eigenvalue weighted by Crippen LogP contribution is -2.54. The van der Waals surface area contributed by atoms with E-state index in [2.05, 4.69) is 13.8 Å². The maximum atomic E-state index is 11.4. The molecule has 4 heteroatoms. The van der Waals surface area contributed by atoms with Crippen molar-refractivity contribution in [3.63, 3.8) is 0 Å². The van der Waals surface area contributed by atoms with E-state index >= 15 is 0 Å². The predicted octanol–water partition coefficient (Wildman–Crippen LogP) is 1.73. The number of aliphatic carboxylic acids is 1. The van der Waals surface area contributed by atoms with Crippen molar-refractivity contribution in [2.24, 2.45) is 11.3 Å². The van der Waals surface area contributed by atoms with Gasteiger partial charge in [-0.05, 0) is 45.4 Å². The molecule has 4 unspecified atom stereocenters. The summed E-state index contributed by atoms with van der Waals surface area (Å²) >= 11 is 0. The van der Waals surface area contributed by atoms with E-state index in [-0.39, 0.29) is 11.3 Å². The fourth-order valence-corrected chi connectivity index (χ4v) is 4.18. The zero-order valence-corrected chi connectivity index (χ0v) is 10.9. The zero-order valence-electron chi connectivity index (χ0n) is 10.9. The van der Waals surface area contributed by atoms with Gasteiger partial charge in [0.15, 0.2) is 5.60 Å². The number of fused-ring (bicyclic) bond motifs is 1. The summed E-state index contributed by atoms with van der Waals surface area (Å²) in [5.41, 5.74) is 1.02. The topological polar surface area (TPSA) is 66.8 Å². The average Bonchev–Trinajstić information content (AvgIpc) is 2.84. The minimum atomic E-state index is -1.70. The number of carboxylic acids is 1. The molecule has 4 atom stereocenters. The van der Waals surface area contributed by atoms with Gasteiger partial charge in [0.05, 0.1) is 12.7 Å². The molecule has 1 heterocycles. The lowest BCUT2D eigenvalue weighted by atomic mass is 9.63. The highest BCUT2D eigenvalue weighted by atomic mass is 16.5. The number of carbonyl (C=O) groups is 1. The first kappa shape index (κ1) is 12.2. The third kappa shape index (κ3) is 1.36. The standard InChI is InChI=1S/C14H20O4/c1-8(2)9-3-4-13-6-11(18-7-13)14(17,12(15)16)5-10(9)13/h10-11,17H,3-7H2,1-2H3,(H,15,16). The highest BCUT2D eigenvalue weighted by Gasteiger charge is 2.64. The van der Waals surface area contributed by atoms with Crippen LogP contribution in [0.15, 0.2) is 11.1 Å². The highest BCUT2D eigenvalue weighted by molar-refractivity contribution is 5.78. The molecule has 2 N–H and O–H groups in total. The Kier molecular flexibility index (Phi) is 2.42.